The summed E-state index contributed by atoms with van der Waals surface area (Å²) in [6.07, 6.45) is 5.75. The molecule has 0 N–H and O–H groups in total. The van der Waals surface area contributed by atoms with E-state index < -0.39 is 0 Å². The molecule has 4 aromatic rings. The maximum absolute atomic E-state index is 13.2. The van der Waals surface area contributed by atoms with Gasteiger partial charge in [0.05, 0.1) is 5.69 Å². The van der Waals surface area contributed by atoms with Crippen molar-refractivity contribution in [3.63, 3.8) is 0 Å². The van der Waals surface area contributed by atoms with Gasteiger partial charge in [-0.15, -0.1) is 0 Å². The Morgan fingerprint density at radius 3 is 2.24 bits per heavy atom. The zero-order valence-corrected chi connectivity index (χ0v) is 17.3. The van der Waals surface area contributed by atoms with E-state index >= 15 is 0 Å². The summed E-state index contributed by atoms with van der Waals surface area (Å²) in [4.78, 5) is 30.7. The van der Waals surface area contributed by atoms with Gasteiger partial charge in [0.15, 0.2) is 11.2 Å². The summed E-state index contributed by atoms with van der Waals surface area (Å²) in [7, 11) is 1.69. The van der Waals surface area contributed by atoms with Crippen molar-refractivity contribution in [2.24, 2.45) is 7.05 Å². The number of unbranched alkanes of at least 4 members (excludes halogenated alkanes) is 2. The first-order chi connectivity index (χ1) is 14.1. The van der Waals surface area contributed by atoms with Crippen molar-refractivity contribution < 1.29 is 0 Å². The van der Waals surface area contributed by atoms with E-state index in [1.807, 2.05) is 35.7 Å². The van der Waals surface area contributed by atoms with Crippen molar-refractivity contribution in [2.75, 3.05) is 0 Å². The lowest BCUT2D eigenvalue weighted by Gasteiger charge is -2.08. The second kappa shape index (κ2) is 7.73. The number of rotatable bonds is 7. The number of fused-ring (bicyclic) bond motifs is 3. The Kier molecular flexibility index (Phi) is 5.13. The van der Waals surface area contributed by atoms with Crippen molar-refractivity contribution in [3.05, 3.63) is 57.4 Å². The van der Waals surface area contributed by atoms with E-state index in [4.69, 9.17) is 4.98 Å². The molecule has 7 nitrogen and oxygen atoms in total. The molecule has 0 saturated heterocycles. The zero-order valence-electron chi connectivity index (χ0n) is 17.3. The normalized spacial score (nSPS) is 11.7. The number of aromatic nitrogens is 5. The van der Waals surface area contributed by atoms with Crippen molar-refractivity contribution in [3.8, 4) is 11.3 Å². The maximum atomic E-state index is 13.2. The molecule has 1 aromatic carbocycles. The molecule has 152 valence electrons. The highest BCUT2D eigenvalue weighted by Gasteiger charge is 2.21. The smallest absolute Gasteiger partial charge is 0.310 e. The molecule has 0 fully saturated rings. The van der Waals surface area contributed by atoms with Crippen molar-refractivity contribution >= 4 is 16.9 Å². The van der Waals surface area contributed by atoms with Crippen LogP contribution in [-0.2, 0) is 20.1 Å². The van der Waals surface area contributed by atoms with Gasteiger partial charge in [-0.3, -0.25) is 18.3 Å². The first kappa shape index (κ1) is 19.2. The van der Waals surface area contributed by atoms with Gasteiger partial charge in [0.25, 0.3) is 5.56 Å². The Morgan fingerprint density at radius 2 is 1.59 bits per heavy atom. The molecule has 3 aromatic heterocycles. The molecule has 4 rings (SSSR count). The van der Waals surface area contributed by atoms with Crippen LogP contribution < -0.4 is 11.2 Å². The number of hydrogen-bond donors (Lipinski definition) is 0. The second-order valence-corrected chi connectivity index (χ2v) is 7.49. The van der Waals surface area contributed by atoms with Gasteiger partial charge in [0.2, 0.25) is 5.78 Å². The van der Waals surface area contributed by atoms with Crippen LogP contribution in [0.2, 0.25) is 0 Å². The van der Waals surface area contributed by atoms with Crippen LogP contribution in [0, 0.1) is 0 Å². The van der Waals surface area contributed by atoms with Crippen molar-refractivity contribution in [2.45, 2.75) is 52.6 Å². The van der Waals surface area contributed by atoms with Gasteiger partial charge in [0.1, 0.15) is 0 Å². The van der Waals surface area contributed by atoms with Crippen molar-refractivity contribution in [1.82, 2.24) is 23.1 Å². The fourth-order valence-corrected chi connectivity index (χ4v) is 3.83. The van der Waals surface area contributed by atoms with Gasteiger partial charge in [-0.05, 0) is 18.4 Å². The Labute approximate surface area is 168 Å². The molecule has 0 amide bonds. The summed E-state index contributed by atoms with van der Waals surface area (Å²) in [6.45, 7) is 5.43. The van der Waals surface area contributed by atoms with Crippen LogP contribution in [0.15, 0.2) is 46.1 Å². The largest absolute Gasteiger partial charge is 0.332 e. The Morgan fingerprint density at radius 1 is 0.931 bits per heavy atom. The second-order valence-electron chi connectivity index (χ2n) is 7.49. The summed E-state index contributed by atoms with van der Waals surface area (Å²) in [5, 5.41) is 0. The molecule has 0 atom stereocenters. The topological polar surface area (TPSA) is 66.2 Å². The van der Waals surface area contributed by atoms with E-state index in [2.05, 4.69) is 23.6 Å². The predicted octanol–water partition coefficient (Wildman–Crippen LogP) is 3.42. The molecule has 0 aliphatic heterocycles. The lowest BCUT2D eigenvalue weighted by atomic mass is 10.1. The Hall–Kier alpha value is -3.09. The highest BCUT2D eigenvalue weighted by atomic mass is 16.2. The highest BCUT2D eigenvalue weighted by molar-refractivity contribution is 5.78. The predicted molar refractivity (Wildman–Crippen MR) is 115 cm³/mol. The molecule has 29 heavy (non-hydrogen) atoms. The summed E-state index contributed by atoms with van der Waals surface area (Å²) < 4.78 is 6.84. The molecule has 0 bridgehead atoms. The van der Waals surface area contributed by atoms with Crippen molar-refractivity contribution in [1.29, 1.82) is 0 Å². The number of hydrogen-bond acceptors (Lipinski definition) is 3. The van der Waals surface area contributed by atoms with E-state index in [-0.39, 0.29) is 11.2 Å². The number of imidazole rings is 2. The van der Waals surface area contributed by atoms with Gasteiger partial charge in [-0.25, -0.2) is 4.79 Å². The summed E-state index contributed by atoms with van der Waals surface area (Å²) >= 11 is 0. The molecule has 7 heteroatoms. The lowest BCUT2D eigenvalue weighted by molar-refractivity contribution is 0.566. The minimum atomic E-state index is -0.305. The standard InChI is InChI=1S/C22H27N5O2/c1-4-6-13-25-17(16-11-9-8-10-12-16)15-27-18-19(23-21(25)27)24(3)22(29)26(20(18)28)14-7-5-2/h8-12,15H,4-7,13-14H2,1-3H3. The first-order valence-corrected chi connectivity index (χ1v) is 10.3. The van der Waals surface area contributed by atoms with Crippen LogP contribution in [0.4, 0.5) is 0 Å². The maximum Gasteiger partial charge on any atom is 0.332 e. The Balaban J connectivity index is 2.05. The summed E-state index contributed by atoms with van der Waals surface area (Å²) in [6, 6.07) is 10.1. The molecule has 0 aliphatic carbocycles. The van der Waals surface area contributed by atoms with Crippen LogP contribution in [0.25, 0.3) is 28.2 Å². The fourth-order valence-electron chi connectivity index (χ4n) is 3.83. The third-order valence-corrected chi connectivity index (χ3v) is 5.48. The first-order valence-electron chi connectivity index (χ1n) is 10.3. The zero-order chi connectivity index (χ0) is 20.5. The van der Waals surface area contributed by atoms with E-state index in [0.29, 0.717) is 23.5 Å². The van der Waals surface area contributed by atoms with E-state index in [0.717, 1.165) is 43.5 Å². The van der Waals surface area contributed by atoms with Gasteiger partial charge in [0, 0.05) is 26.3 Å². The van der Waals surface area contributed by atoms with Crippen LogP contribution in [0.1, 0.15) is 39.5 Å². The van der Waals surface area contributed by atoms with Crippen LogP contribution >= 0.6 is 0 Å². The molecule has 0 radical (unpaired) electrons. The van der Waals surface area contributed by atoms with Gasteiger partial charge in [-0.2, -0.15) is 4.98 Å². The van der Waals surface area contributed by atoms with Gasteiger partial charge in [-0.1, -0.05) is 57.0 Å². The number of benzene rings is 1. The van der Waals surface area contributed by atoms with Gasteiger partial charge < -0.3 is 4.57 Å². The fraction of sp³-hybridized carbons (Fsp3) is 0.409. The number of nitrogens with zero attached hydrogens (tertiary/aromatic N) is 5. The van der Waals surface area contributed by atoms with E-state index in [1.54, 1.807) is 7.05 Å². The van der Waals surface area contributed by atoms with E-state index in [1.165, 1.54) is 9.13 Å². The van der Waals surface area contributed by atoms with Crippen LogP contribution in [0.5, 0.6) is 0 Å². The molecule has 0 saturated carbocycles. The third kappa shape index (κ3) is 3.10. The minimum absolute atomic E-state index is 0.267. The SMILES string of the molecule is CCCCn1c(=O)c2c(nc3n(CCCC)c(-c4ccccc4)cn23)n(C)c1=O. The summed E-state index contributed by atoms with van der Waals surface area (Å²) in [5.74, 6) is 0.702. The third-order valence-electron chi connectivity index (χ3n) is 5.48. The van der Waals surface area contributed by atoms with Crippen LogP contribution in [-0.4, -0.2) is 23.1 Å². The molecule has 0 spiro atoms. The van der Waals surface area contributed by atoms with E-state index in [9.17, 15) is 9.59 Å². The average molecular weight is 393 g/mol. The molecule has 0 unspecified atom stereocenters. The molecule has 3 heterocycles. The lowest BCUT2D eigenvalue weighted by Crippen LogP contribution is -2.39. The number of aryl methyl sites for hydroxylation is 2. The molecule has 0 aliphatic rings. The Bertz CT molecular complexity index is 1270. The van der Waals surface area contributed by atoms with Gasteiger partial charge >= 0.3 is 5.69 Å². The van der Waals surface area contributed by atoms with Crippen LogP contribution in [0.3, 0.4) is 0 Å². The quantitative estimate of drug-likeness (QED) is 0.483. The monoisotopic (exact) mass is 393 g/mol. The molecular formula is C22H27N5O2. The average Bonchev–Trinajstić information content (AvgIpc) is 3.28. The highest BCUT2D eigenvalue weighted by Crippen LogP contribution is 2.25. The molecular weight excluding hydrogens is 366 g/mol. The summed E-state index contributed by atoms with van der Waals surface area (Å²) in [5.41, 5.74) is 2.44. The minimum Gasteiger partial charge on any atom is -0.310 e.